The summed E-state index contributed by atoms with van der Waals surface area (Å²) < 4.78 is 5.38. The molecule has 2 aliphatic rings. The van der Waals surface area contributed by atoms with E-state index in [2.05, 4.69) is 12.1 Å². The standard InChI is InChI=1S/C24H24Cl2N2O3/c1-2-31-13-5-11-28-23(29)21(19-9-8-18(25)14-20(19)26)22(24(28)30)27-12-10-16-6-3-4-7-17(16)15-27/h3-4,6-9,14H,2,5,10-13,15H2,1H3. The fourth-order valence-electron chi connectivity index (χ4n) is 4.15. The number of nitrogens with zero attached hydrogens (tertiary/aromatic N) is 2. The predicted molar refractivity (Wildman–Crippen MR) is 122 cm³/mol. The van der Waals surface area contributed by atoms with Gasteiger partial charge in [0.1, 0.15) is 5.70 Å². The van der Waals surface area contributed by atoms with E-state index in [1.165, 1.54) is 10.5 Å². The lowest BCUT2D eigenvalue weighted by atomic mass is 9.98. The van der Waals surface area contributed by atoms with Crippen LogP contribution in [0.2, 0.25) is 10.0 Å². The summed E-state index contributed by atoms with van der Waals surface area (Å²) in [5.74, 6) is -0.596. The zero-order valence-electron chi connectivity index (χ0n) is 17.4. The topological polar surface area (TPSA) is 49.9 Å². The van der Waals surface area contributed by atoms with Crippen molar-refractivity contribution in [3.63, 3.8) is 0 Å². The summed E-state index contributed by atoms with van der Waals surface area (Å²) in [5, 5.41) is 0.836. The maximum absolute atomic E-state index is 13.4. The molecule has 0 aliphatic carbocycles. The quantitative estimate of drug-likeness (QED) is 0.450. The summed E-state index contributed by atoms with van der Waals surface area (Å²) in [7, 11) is 0. The molecule has 2 heterocycles. The second kappa shape index (κ2) is 9.43. The van der Waals surface area contributed by atoms with E-state index in [1.807, 2.05) is 24.0 Å². The Bertz CT molecular complexity index is 1050. The molecule has 2 aromatic carbocycles. The van der Waals surface area contributed by atoms with Gasteiger partial charge in [-0.25, -0.2) is 0 Å². The Balaban J connectivity index is 1.72. The van der Waals surface area contributed by atoms with Crippen molar-refractivity contribution in [2.75, 3.05) is 26.3 Å². The normalized spacial score (nSPS) is 16.4. The molecule has 2 amide bonds. The summed E-state index contributed by atoms with van der Waals surface area (Å²) in [6.07, 6.45) is 1.40. The van der Waals surface area contributed by atoms with Gasteiger partial charge in [0, 0.05) is 43.4 Å². The molecule has 0 N–H and O–H groups in total. The highest BCUT2D eigenvalue weighted by atomic mass is 35.5. The van der Waals surface area contributed by atoms with Gasteiger partial charge in [-0.15, -0.1) is 0 Å². The minimum atomic E-state index is -0.320. The first kappa shape index (κ1) is 21.9. The molecule has 2 aromatic rings. The molecule has 7 heteroatoms. The van der Waals surface area contributed by atoms with Crippen LogP contribution in [0.25, 0.3) is 5.57 Å². The van der Waals surface area contributed by atoms with Crippen LogP contribution in [0.15, 0.2) is 48.2 Å². The number of halogens is 2. The molecular weight excluding hydrogens is 435 g/mol. The van der Waals surface area contributed by atoms with Crippen LogP contribution >= 0.6 is 23.2 Å². The lowest BCUT2D eigenvalue weighted by molar-refractivity contribution is -0.137. The molecule has 5 nitrogen and oxygen atoms in total. The Hall–Kier alpha value is -2.34. The van der Waals surface area contributed by atoms with Gasteiger partial charge in [0.25, 0.3) is 11.8 Å². The highest BCUT2D eigenvalue weighted by Crippen LogP contribution is 2.37. The number of hydrogen-bond acceptors (Lipinski definition) is 4. The highest BCUT2D eigenvalue weighted by molar-refractivity contribution is 6.41. The maximum Gasteiger partial charge on any atom is 0.277 e. The smallest absolute Gasteiger partial charge is 0.277 e. The molecule has 31 heavy (non-hydrogen) atoms. The van der Waals surface area contributed by atoms with Gasteiger partial charge in [-0.05, 0) is 43.0 Å². The van der Waals surface area contributed by atoms with Crippen molar-refractivity contribution in [3.8, 4) is 0 Å². The molecule has 0 unspecified atom stereocenters. The van der Waals surface area contributed by atoms with Crippen molar-refractivity contribution in [1.82, 2.24) is 9.80 Å². The first-order valence-electron chi connectivity index (χ1n) is 10.5. The maximum atomic E-state index is 13.4. The molecule has 4 rings (SSSR count). The number of hydrogen-bond donors (Lipinski definition) is 0. The van der Waals surface area contributed by atoms with Gasteiger partial charge in [0.2, 0.25) is 0 Å². The van der Waals surface area contributed by atoms with E-state index in [-0.39, 0.29) is 11.8 Å². The summed E-state index contributed by atoms with van der Waals surface area (Å²) in [5.41, 5.74) is 3.74. The third-order valence-corrected chi connectivity index (χ3v) is 6.21. The number of amides is 2. The van der Waals surface area contributed by atoms with Crippen LogP contribution in [-0.2, 0) is 27.3 Å². The van der Waals surface area contributed by atoms with Crippen molar-refractivity contribution in [1.29, 1.82) is 0 Å². The average Bonchev–Trinajstić information content (AvgIpc) is 3.01. The first-order chi connectivity index (χ1) is 15.0. The Morgan fingerprint density at radius 3 is 2.55 bits per heavy atom. The van der Waals surface area contributed by atoms with Crippen molar-refractivity contribution < 1.29 is 14.3 Å². The summed E-state index contributed by atoms with van der Waals surface area (Å²) >= 11 is 12.5. The molecule has 0 spiro atoms. The van der Waals surface area contributed by atoms with E-state index in [4.69, 9.17) is 27.9 Å². The fourth-order valence-corrected chi connectivity index (χ4v) is 4.65. The average molecular weight is 459 g/mol. The van der Waals surface area contributed by atoms with Crippen molar-refractivity contribution in [2.24, 2.45) is 0 Å². The zero-order valence-corrected chi connectivity index (χ0v) is 18.9. The van der Waals surface area contributed by atoms with Crippen LogP contribution in [0.1, 0.15) is 30.0 Å². The monoisotopic (exact) mass is 458 g/mol. The van der Waals surface area contributed by atoms with Crippen LogP contribution in [0.5, 0.6) is 0 Å². The molecular formula is C24H24Cl2N2O3. The molecule has 2 aliphatic heterocycles. The molecule has 0 saturated carbocycles. The SMILES string of the molecule is CCOCCCN1C(=O)C(c2ccc(Cl)cc2Cl)=C(N2CCc3ccccc3C2)C1=O. The van der Waals surface area contributed by atoms with Gasteiger partial charge >= 0.3 is 0 Å². The highest BCUT2D eigenvalue weighted by Gasteiger charge is 2.42. The second-order valence-electron chi connectivity index (χ2n) is 7.60. The Morgan fingerprint density at radius 1 is 1.03 bits per heavy atom. The van der Waals surface area contributed by atoms with E-state index in [9.17, 15) is 9.59 Å². The Morgan fingerprint density at radius 2 is 1.81 bits per heavy atom. The zero-order chi connectivity index (χ0) is 22.0. The number of carbonyl (C=O) groups excluding carboxylic acids is 2. The lowest BCUT2D eigenvalue weighted by Crippen LogP contribution is -2.38. The van der Waals surface area contributed by atoms with Gasteiger partial charge in [-0.1, -0.05) is 53.5 Å². The number of carbonyl (C=O) groups is 2. The van der Waals surface area contributed by atoms with E-state index >= 15 is 0 Å². The molecule has 162 valence electrons. The predicted octanol–water partition coefficient (Wildman–Crippen LogP) is 4.56. The first-order valence-corrected chi connectivity index (χ1v) is 11.2. The number of imide groups is 1. The van der Waals surface area contributed by atoms with Crippen LogP contribution in [0.3, 0.4) is 0 Å². The molecule has 0 radical (unpaired) electrons. The van der Waals surface area contributed by atoms with Crippen molar-refractivity contribution >= 4 is 40.6 Å². The minimum Gasteiger partial charge on any atom is -0.382 e. The summed E-state index contributed by atoms with van der Waals surface area (Å²) in [6, 6.07) is 13.2. The van der Waals surface area contributed by atoms with E-state index in [1.54, 1.807) is 18.2 Å². The van der Waals surface area contributed by atoms with Crippen molar-refractivity contribution in [3.05, 3.63) is 74.9 Å². The number of fused-ring (bicyclic) bond motifs is 1. The largest absolute Gasteiger partial charge is 0.382 e. The van der Waals surface area contributed by atoms with E-state index < -0.39 is 0 Å². The Labute approximate surface area is 192 Å². The van der Waals surface area contributed by atoms with Gasteiger partial charge in [0.05, 0.1) is 10.6 Å². The molecule has 0 bridgehead atoms. The summed E-state index contributed by atoms with van der Waals surface area (Å²) in [6.45, 7) is 4.56. The number of rotatable bonds is 7. The van der Waals surface area contributed by atoms with Crippen LogP contribution in [0, 0.1) is 0 Å². The van der Waals surface area contributed by atoms with Gasteiger partial charge < -0.3 is 9.64 Å². The second-order valence-corrected chi connectivity index (χ2v) is 8.44. The number of ether oxygens (including phenoxy) is 1. The fraction of sp³-hybridized carbons (Fsp3) is 0.333. The van der Waals surface area contributed by atoms with Crippen LogP contribution in [-0.4, -0.2) is 47.9 Å². The van der Waals surface area contributed by atoms with Gasteiger partial charge in [0.15, 0.2) is 0 Å². The summed E-state index contributed by atoms with van der Waals surface area (Å²) in [4.78, 5) is 30.2. The van der Waals surface area contributed by atoms with E-state index in [0.717, 1.165) is 12.0 Å². The lowest BCUT2D eigenvalue weighted by Gasteiger charge is -2.31. The molecule has 0 aromatic heterocycles. The van der Waals surface area contributed by atoms with Crippen molar-refractivity contribution in [2.45, 2.75) is 26.3 Å². The Kier molecular flexibility index (Phi) is 6.65. The van der Waals surface area contributed by atoms with Crippen LogP contribution < -0.4 is 0 Å². The number of benzene rings is 2. The van der Waals surface area contributed by atoms with Crippen LogP contribution in [0.4, 0.5) is 0 Å². The van der Waals surface area contributed by atoms with Gasteiger partial charge in [-0.3, -0.25) is 14.5 Å². The third kappa shape index (κ3) is 4.36. The molecule has 0 fully saturated rings. The molecule has 0 saturated heterocycles. The third-order valence-electron chi connectivity index (χ3n) is 5.67. The van der Waals surface area contributed by atoms with E-state index in [0.29, 0.717) is 66.1 Å². The molecule has 0 atom stereocenters. The minimum absolute atomic E-state index is 0.276. The van der Waals surface area contributed by atoms with Gasteiger partial charge in [-0.2, -0.15) is 0 Å².